The number of hydrogen-bond acceptors (Lipinski definition) is 30. The molecule has 0 saturated heterocycles. The second kappa shape index (κ2) is 69.1. The molecule has 1 unspecified atom stereocenters. The summed E-state index contributed by atoms with van der Waals surface area (Å²) in [5.74, 6) is 4.45. The van der Waals surface area contributed by atoms with E-state index in [4.69, 9.17) is 87.5 Å². The average molecular weight is 1380 g/mol. The Morgan fingerprint density at radius 1 is 0.506 bits per heavy atom. The second-order valence-electron chi connectivity index (χ2n) is 14.0. The molecular weight excluding hydrogens is 1300 g/mol. The Morgan fingerprint density at radius 3 is 1.19 bits per heavy atom. The third kappa shape index (κ3) is 65.8. The number of aliphatic hydroxyl groups excluding tert-OH is 3. The van der Waals surface area contributed by atoms with Crippen LogP contribution < -0.4 is 0 Å². The molecule has 0 aliphatic carbocycles. The summed E-state index contributed by atoms with van der Waals surface area (Å²) in [6.07, 6.45) is 5.36. The number of carbonyl (C=O) groups excluding carboxylic acids is 1. The van der Waals surface area contributed by atoms with Crippen molar-refractivity contribution in [2.75, 3.05) is 172 Å². The van der Waals surface area contributed by atoms with E-state index in [1.54, 1.807) is 102 Å². The van der Waals surface area contributed by atoms with Crippen LogP contribution in [-0.2, 0) is 52.2 Å². The first-order valence-electron chi connectivity index (χ1n) is 25.3. The van der Waals surface area contributed by atoms with Crippen LogP contribution in [0.3, 0.4) is 0 Å². The number of aliphatic hydroxyl groups is 3. The number of nitrogens with zero attached hydrogens (tertiary/aromatic N) is 3. The maximum Gasteiger partial charge on any atom is 0.316 e. The van der Waals surface area contributed by atoms with Crippen LogP contribution >= 0.6 is 149 Å². The van der Waals surface area contributed by atoms with Crippen LogP contribution in [0.25, 0.3) is 0 Å². The predicted octanol–water partition coefficient (Wildman–Crippen LogP) is 10.0. The zero-order chi connectivity index (χ0) is 59.8. The van der Waals surface area contributed by atoms with Gasteiger partial charge in [-0.15, -0.1) is 23.5 Å². The summed E-state index contributed by atoms with van der Waals surface area (Å²) >= 11 is 19.6. The number of thiol groups is 1. The molecule has 0 fully saturated rings. The molecule has 3 aromatic rings. The van der Waals surface area contributed by atoms with E-state index in [-0.39, 0.29) is 38.1 Å². The number of carboxylic acids is 1. The van der Waals surface area contributed by atoms with E-state index < -0.39 is 11.2 Å². The summed E-state index contributed by atoms with van der Waals surface area (Å²) in [7, 11) is 10.1. The number of aliphatic carboxylic acids is 1. The normalized spacial score (nSPS) is 10.9. The van der Waals surface area contributed by atoms with Crippen LogP contribution in [0.5, 0.6) is 0 Å². The van der Waals surface area contributed by atoms with Crippen molar-refractivity contribution in [1.82, 2.24) is 15.0 Å². The fourth-order valence-corrected chi connectivity index (χ4v) is 14.0. The van der Waals surface area contributed by atoms with Gasteiger partial charge < -0.3 is 63.1 Å². The summed E-state index contributed by atoms with van der Waals surface area (Å²) in [4.78, 5) is 34.5. The van der Waals surface area contributed by atoms with Gasteiger partial charge in [0.25, 0.3) is 0 Å². The minimum atomic E-state index is -0.811. The van der Waals surface area contributed by atoms with Gasteiger partial charge in [0.05, 0.1) is 131 Å². The first kappa shape index (κ1) is 83.0. The monoisotopic (exact) mass is 1380 g/mol. The number of aromatic nitrogens is 3. The number of thiocarbonyl (C=S) groups is 2. The molecule has 3 rings (SSSR count). The van der Waals surface area contributed by atoms with Crippen molar-refractivity contribution in [2.45, 2.75) is 41.1 Å². The molecule has 81 heavy (non-hydrogen) atoms. The number of esters is 1. The molecular formula is C50H81N3O15S13. The molecule has 0 saturated carbocycles. The van der Waals surface area contributed by atoms with E-state index in [9.17, 15) is 9.59 Å². The second-order valence-corrected chi connectivity index (χ2v) is 29.0. The van der Waals surface area contributed by atoms with Gasteiger partial charge in [0, 0.05) is 41.6 Å². The third-order valence-corrected chi connectivity index (χ3v) is 19.6. The lowest BCUT2D eigenvalue weighted by molar-refractivity contribution is -0.142. The van der Waals surface area contributed by atoms with Gasteiger partial charge in [-0.1, -0.05) is 112 Å². The molecule has 3 heterocycles. The first-order valence-corrected chi connectivity index (χ1v) is 37.5. The highest BCUT2D eigenvalue weighted by Gasteiger charge is 2.13. The van der Waals surface area contributed by atoms with Gasteiger partial charge in [0.1, 0.15) is 34.0 Å². The Morgan fingerprint density at radius 2 is 0.852 bits per heavy atom. The van der Waals surface area contributed by atoms with Gasteiger partial charge in [0.2, 0.25) is 0 Å². The molecule has 0 bridgehead atoms. The molecule has 0 aromatic carbocycles. The Hall–Kier alpha value is -0.0200. The lowest BCUT2D eigenvalue weighted by Crippen LogP contribution is -2.14. The molecule has 3 aromatic heterocycles. The van der Waals surface area contributed by atoms with Crippen molar-refractivity contribution in [3.05, 3.63) is 73.2 Å². The fourth-order valence-electron chi connectivity index (χ4n) is 4.20. The number of ether oxygens (including phenoxy) is 9. The highest BCUT2D eigenvalue weighted by molar-refractivity contribution is 8.77. The largest absolute Gasteiger partial charge is 0.480 e. The molecule has 0 aliphatic rings. The molecule has 18 nitrogen and oxygen atoms in total. The highest BCUT2D eigenvalue weighted by atomic mass is 33.1. The van der Waals surface area contributed by atoms with Crippen molar-refractivity contribution in [3.63, 3.8) is 0 Å². The summed E-state index contributed by atoms with van der Waals surface area (Å²) in [6.45, 7) is 14.8. The van der Waals surface area contributed by atoms with E-state index in [0.717, 1.165) is 53.1 Å². The molecule has 0 spiro atoms. The highest BCUT2D eigenvalue weighted by Crippen LogP contribution is 2.30. The molecule has 31 heteroatoms. The van der Waals surface area contributed by atoms with Gasteiger partial charge >= 0.3 is 11.9 Å². The van der Waals surface area contributed by atoms with Crippen LogP contribution in [-0.4, -0.2) is 232 Å². The average Bonchev–Trinajstić information content (AvgIpc) is 3.47. The number of carboxylic acid groups (broad SMARTS) is 1. The van der Waals surface area contributed by atoms with Gasteiger partial charge in [-0.2, -0.15) is 12.6 Å². The van der Waals surface area contributed by atoms with Crippen LogP contribution in [0, 0.1) is 0 Å². The van der Waals surface area contributed by atoms with Crippen molar-refractivity contribution >= 4 is 168 Å². The van der Waals surface area contributed by atoms with Crippen LogP contribution in [0.15, 0.2) is 88.3 Å². The first-order chi connectivity index (χ1) is 39.6. The van der Waals surface area contributed by atoms with Crippen molar-refractivity contribution in [3.8, 4) is 0 Å². The number of hydrogen-bond donors (Lipinski definition) is 5. The molecule has 4 N–H and O–H groups in total. The van der Waals surface area contributed by atoms with E-state index >= 15 is 0 Å². The van der Waals surface area contributed by atoms with Crippen LogP contribution in [0.1, 0.15) is 20.8 Å². The third-order valence-electron chi connectivity index (χ3n) is 7.65. The Kier molecular flexibility index (Phi) is 70.8. The Bertz CT molecular complexity index is 1770. The number of carbonyl (C=O) groups is 2. The van der Waals surface area contributed by atoms with Crippen LogP contribution in [0.2, 0.25) is 0 Å². The molecule has 1 atom stereocenters. The van der Waals surface area contributed by atoms with E-state index in [1.807, 2.05) is 68.4 Å². The maximum atomic E-state index is 11.5. The quantitative estimate of drug-likeness (QED) is 0.0116. The summed E-state index contributed by atoms with van der Waals surface area (Å²) in [5, 5.41) is 36.3. The molecule has 464 valence electrons. The van der Waals surface area contributed by atoms with Crippen LogP contribution in [0.4, 0.5) is 0 Å². The van der Waals surface area contributed by atoms with Crippen molar-refractivity contribution in [1.29, 1.82) is 0 Å². The number of rotatable bonds is 44. The van der Waals surface area contributed by atoms with E-state index in [0.29, 0.717) is 109 Å². The maximum absolute atomic E-state index is 11.5. The number of pyridine rings is 3. The van der Waals surface area contributed by atoms with Gasteiger partial charge in [-0.25, -0.2) is 15.0 Å². The SMILES string of the molecule is CCSC(=S)SC(C)C(=O)O.CCSC(=S)SCC(=O)OCCOCCOCCSSc1ccccn1.OCCOCCOCCS.OCCOCCOCCSSc1ccccn1.OCCOCCOCCSSc1ccccn1. The summed E-state index contributed by atoms with van der Waals surface area (Å²) in [6, 6.07) is 17.6. The van der Waals surface area contributed by atoms with E-state index in [2.05, 4.69) is 27.6 Å². The minimum Gasteiger partial charge on any atom is -0.480 e. The van der Waals surface area contributed by atoms with Crippen molar-refractivity contribution < 1.29 is 72.6 Å². The van der Waals surface area contributed by atoms with Crippen molar-refractivity contribution in [2.24, 2.45) is 0 Å². The molecule has 0 radical (unpaired) electrons. The van der Waals surface area contributed by atoms with E-state index in [1.165, 1.54) is 35.3 Å². The standard InChI is InChI=1S/C16H23NO4S5.2C11H17NO3S2.C6H14O3S.C6H10O2S3/c1-2-23-16(22)24-13-15(18)21-10-9-19-7-8-20-11-12-25-26-14-5-3-4-6-17-14;2*13-5-6-14-7-8-15-9-10-16-17-11-3-1-2-4-12-11;7-1-2-8-3-4-9-5-6-10;1-3-10-6(9)11-4(2)5(7)8/h3-6H,2,7-13H2,1H3;2*1-4,13H,5-10H2;7,10H,1-6H2;4H,3H2,1-2H3,(H,7,8). The minimum absolute atomic E-state index is 0.0660. The van der Waals surface area contributed by atoms with Gasteiger partial charge in [-0.3, -0.25) is 9.59 Å². The Labute approximate surface area is 537 Å². The summed E-state index contributed by atoms with van der Waals surface area (Å²) < 4.78 is 48.2. The topological polar surface area (TPSA) is 237 Å². The fraction of sp³-hybridized carbons (Fsp3) is 0.620. The molecule has 0 amide bonds. The Balaban J connectivity index is 0. The lowest BCUT2D eigenvalue weighted by Gasteiger charge is -2.07. The molecule has 0 aliphatic heterocycles. The zero-order valence-electron chi connectivity index (χ0n) is 46.1. The number of thioether (sulfide) groups is 4. The smallest absolute Gasteiger partial charge is 0.316 e. The van der Waals surface area contributed by atoms with Gasteiger partial charge in [-0.05, 0) is 87.2 Å². The zero-order valence-corrected chi connectivity index (χ0v) is 56.8. The predicted molar refractivity (Wildman–Crippen MR) is 359 cm³/mol. The lowest BCUT2D eigenvalue weighted by atomic mass is 10.5. The van der Waals surface area contributed by atoms with Gasteiger partial charge in [0.15, 0.2) is 0 Å². The summed E-state index contributed by atoms with van der Waals surface area (Å²) in [5.41, 5.74) is 0.